The Balaban J connectivity index is 1.56. The molecule has 0 aliphatic carbocycles. The fraction of sp³-hybridized carbons (Fsp3) is 0.333. The predicted octanol–water partition coefficient (Wildman–Crippen LogP) is 3.28. The van der Waals surface area contributed by atoms with Crippen LogP contribution in [0.5, 0.6) is 0 Å². The molecule has 0 bridgehead atoms. The molecule has 0 spiro atoms. The van der Waals surface area contributed by atoms with E-state index in [1.807, 2.05) is 18.2 Å². The fourth-order valence-corrected chi connectivity index (χ4v) is 3.53. The number of hydrogen-bond acceptors (Lipinski definition) is 5. The quantitative estimate of drug-likeness (QED) is 0.711. The maximum atomic E-state index is 13.4. The maximum absolute atomic E-state index is 13.4. The number of carbonyl (C=O) groups excluding carboxylic acids is 1. The van der Waals surface area contributed by atoms with Crippen molar-refractivity contribution in [3.63, 3.8) is 0 Å². The molecule has 3 aromatic rings. The molecule has 6 heteroatoms. The number of aromatic nitrogens is 3. The molecule has 3 heterocycles. The Morgan fingerprint density at radius 3 is 2.74 bits per heavy atom. The van der Waals surface area contributed by atoms with Crippen molar-refractivity contribution < 1.29 is 9.18 Å². The van der Waals surface area contributed by atoms with Crippen LogP contribution in [-0.2, 0) is 11.2 Å². The number of halogens is 1. The molecule has 27 heavy (non-hydrogen) atoms. The topological polar surface area (TPSA) is 59.0 Å². The van der Waals surface area contributed by atoms with E-state index < -0.39 is 0 Å². The molecule has 1 fully saturated rings. The largest absolute Gasteiger partial charge is 0.306 e. The van der Waals surface area contributed by atoms with Gasteiger partial charge in [-0.2, -0.15) is 0 Å². The van der Waals surface area contributed by atoms with Crippen LogP contribution in [0.3, 0.4) is 0 Å². The zero-order chi connectivity index (χ0) is 18.8. The first-order chi connectivity index (χ1) is 13.1. The van der Waals surface area contributed by atoms with Crippen LogP contribution in [0, 0.1) is 11.7 Å². The molecule has 0 radical (unpaired) electrons. The molecule has 4 rings (SSSR count). The standard InChI is InChI=1S/C21H21FN4O/c1-26-6-4-14(5-7-26)20(27)10-21-24-12-16-3-2-15(9-19(16)25-21)17-8-18(22)13-23-11-17/h2-3,8-9,11-14H,4-7,10H2,1H3. The Kier molecular flexibility index (Phi) is 4.90. The number of likely N-dealkylation sites (tertiary alicyclic amines) is 1. The van der Waals surface area contributed by atoms with Gasteiger partial charge in [-0.25, -0.2) is 14.4 Å². The number of carbonyl (C=O) groups is 1. The summed E-state index contributed by atoms with van der Waals surface area (Å²) in [6, 6.07) is 7.13. The lowest BCUT2D eigenvalue weighted by atomic mass is 9.91. The zero-order valence-corrected chi connectivity index (χ0v) is 15.2. The molecule has 0 saturated carbocycles. The first-order valence-electron chi connectivity index (χ1n) is 9.16. The number of rotatable bonds is 4. The highest BCUT2D eigenvalue weighted by Crippen LogP contribution is 2.24. The smallest absolute Gasteiger partial charge is 0.143 e. The Morgan fingerprint density at radius 2 is 1.96 bits per heavy atom. The van der Waals surface area contributed by atoms with E-state index >= 15 is 0 Å². The highest BCUT2D eigenvalue weighted by Gasteiger charge is 2.24. The van der Waals surface area contributed by atoms with Gasteiger partial charge in [0.15, 0.2) is 0 Å². The SMILES string of the molecule is CN1CCC(C(=O)Cc2ncc3ccc(-c4cncc(F)c4)cc3n2)CC1. The van der Waals surface area contributed by atoms with Crippen molar-refractivity contribution in [2.24, 2.45) is 5.92 Å². The summed E-state index contributed by atoms with van der Waals surface area (Å²) in [5.74, 6) is 0.485. The van der Waals surface area contributed by atoms with Crippen molar-refractivity contribution in [2.45, 2.75) is 19.3 Å². The van der Waals surface area contributed by atoms with Gasteiger partial charge in [-0.15, -0.1) is 0 Å². The summed E-state index contributed by atoms with van der Waals surface area (Å²) in [4.78, 5) is 27.7. The third kappa shape index (κ3) is 4.01. The van der Waals surface area contributed by atoms with Crippen LogP contribution >= 0.6 is 0 Å². The van der Waals surface area contributed by atoms with Crippen molar-refractivity contribution in [1.82, 2.24) is 19.9 Å². The second-order valence-electron chi connectivity index (χ2n) is 7.17. The zero-order valence-electron chi connectivity index (χ0n) is 15.2. The van der Waals surface area contributed by atoms with E-state index in [1.165, 1.54) is 12.3 Å². The number of pyridine rings is 1. The van der Waals surface area contributed by atoms with Gasteiger partial charge >= 0.3 is 0 Å². The maximum Gasteiger partial charge on any atom is 0.143 e. The summed E-state index contributed by atoms with van der Waals surface area (Å²) >= 11 is 0. The van der Waals surface area contributed by atoms with E-state index in [9.17, 15) is 9.18 Å². The first kappa shape index (κ1) is 17.7. The molecule has 1 aliphatic rings. The third-order valence-corrected chi connectivity index (χ3v) is 5.18. The summed E-state index contributed by atoms with van der Waals surface area (Å²) in [6.07, 6.45) is 6.61. The summed E-state index contributed by atoms with van der Waals surface area (Å²) in [7, 11) is 2.08. The van der Waals surface area contributed by atoms with Crippen LogP contribution in [0.25, 0.3) is 22.0 Å². The number of hydrogen-bond donors (Lipinski definition) is 0. The van der Waals surface area contributed by atoms with Crippen molar-refractivity contribution in [3.05, 3.63) is 54.5 Å². The van der Waals surface area contributed by atoms with Gasteiger partial charge in [0.05, 0.1) is 18.1 Å². The van der Waals surface area contributed by atoms with Crippen LogP contribution in [0.1, 0.15) is 18.7 Å². The van der Waals surface area contributed by atoms with E-state index in [0.717, 1.165) is 42.4 Å². The van der Waals surface area contributed by atoms with Crippen molar-refractivity contribution >= 4 is 16.7 Å². The molecule has 1 aromatic carbocycles. The average molecular weight is 364 g/mol. The molecule has 0 unspecified atom stereocenters. The Morgan fingerprint density at radius 1 is 1.15 bits per heavy atom. The highest BCUT2D eigenvalue weighted by molar-refractivity contribution is 5.85. The van der Waals surface area contributed by atoms with E-state index in [1.54, 1.807) is 12.4 Å². The Hall–Kier alpha value is -2.73. The van der Waals surface area contributed by atoms with Gasteiger partial charge in [0.2, 0.25) is 0 Å². The minimum atomic E-state index is -0.375. The number of piperidine rings is 1. The van der Waals surface area contributed by atoms with Crippen LogP contribution in [0.4, 0.5) is 4.39 Å². The summed E-state index contributed by atoms with van der Waals surface area (Å²) in [5, 5.41) is 0.888. The van der Waals surface area contributed by atoms with Crippen molar-refractivity contribution in [2.75, 3.05) is 20.1 Å². The Labute approximate surface area is 157 Å². The molecule has 0 amide bonds. The second kappa shape index (κ2) is 7.48. The minimum absolute atomic E-state index is 0.102. The van der Waals surface area contributed by atoms with E-state index in [2.05, 4.69) is 26.9 Å². The second-order valence-corrected chi connectivity index (χ2v) is 7.17. The normalized spacial score (nSPS) is 15.9. The predicted molar refractivity (Wildman–Crippen MR) is 102 cm³/mol. The number of nitrogens with zero attached hydrogens (tertiary/aromatic N) is 4. The molecule has 0 N–H and O–H groups in total. The van der Waals surface area contributed by atoms with Crippen LogP contribution in [0.15, 0.2) is 42.9 Å². The monoisotopic (exact) mass is 364 g/mol. The lowest BCUT2D eigenvalue weighted by Crippen LogP contribution is -2.34. The summed E-state index contributed by atoms with van der Waals surface area (Å²) < 4.78 is 13.4. The van der Waals surface area contributed by atoms with Gasteiger partial charge in [-0.3, -0.25) is 9.78 Å². The van der Waals surface area contributed by atoms with Crippen LogP contribution < -0.4 is 0 Å². The highest BCUT2D eigenvalue weighted by atomic mass is 19.1. The molecular weight excluding hydrogens is 343 g/mol. The molecule has 2 aromatic heterocycles. The van der Waals surface area contributed by atoms with E-state index in [4.69, 9.17) is 0 Å². The summed E-state index contributed by atoms with van der Waals surface area (Å²) in [5.41, 5.74) is 2.28. The Bertz CT molecular complexity index is 983. The van der Waals surface area contributed by atoms with Gasteiger partial charge in [-0.1, -0.05) is 12.1 Å². The number of ketones is 1. The van der Waals surface area contributed by atoms with Gasteiger partial charge < -0.3 is 4.90 Å². The lowest BCUT2D eigenvalue weighted by Gasteiger charge is -2.27. The lowest BCUT2D eigenvalue weighted by molar-refractivity contribution is -0.123. The van der Waals surface area contributed by atoms with Gasteiger partial charge in [0.1, 0.15) is 17.4 Å². The van der Waals surface area contributed by atoms with E-state index in [-0.39, 0.29) is 23.9 Å². The minimum Gasteiger partial charge on any atom is -0.306 e. The molecule has 138 valence electrons. The number of fused-ring (bicyclic) bond motifs is 1. The molecule has 5 nitrogen and oxygen atoms in total. The molecular formula is C21H21FN4O. The molecule has 1 saturated heterocycles. The van der Waals surface area contributed by atoms with Crippen molar-refractivity contribution in [3.8, 4) is 11.1 Å². The number of benzene rings is 1. The first-order valence-corrected chi connectivity index (χ1v) is 9.16. The van der Waals surface area contributed by atoms with E-state index in [0.29, 0.717) is 11.4 Å². The van der Waals surface area contributed by atoms with Gasteiger partial charge in [0.25, 0.3) is 0 Å². The van der Waals surface area contributed by atoms with Gasteiger partial charge in [-0.05, 0) is 50.7 Å². The number of Topliss-reactive ketones (excluding diaryl/α,β-unsaturated/α-hetero) is 1. The van der Waals surface area contributed by atoms with Crippen LogP contribution in [0.2, 0.25) is 0 Å². The summed E-state index contributed by atoms with van der Waals surface area (Å²) in [6.45, 7) is 1.92. The van der Waals surface area contributed by atoms with Crippen LogP contribution in [-0.4, -0.2) is 45.8 Å². The van der Waals surface area contributed by atoms with Gasteiger partial charge in [0, 0.05) is 29.3 Å². The third-order valence-electron chi connectivity index (χ3n) is 5.18. The average Bonchev–Trinajstić information content (AvgIpc) is 2.68. The fourth-order valence-electron chi connectivity index (χ4n) is 3.53. The molecule has 0 atom stereocenters. The van der Waals surface area contributed by atoms with Crippen molar-refractivity contribution in [1.29, 1.82) is 0 Å². The molecule has 1 aliphatic heterocycles.